The van der Waals surface area contributed by atoms with Gasteiger partial charge in [0.05, 0.1) is 12.2 Å². The summed E-state index contributed by atoms with van der Waals surface area (Å²) in [6.07, 6.45) is 2.60. The van der Waals surface area contributed by atoms with Gasteiger partial charge in [-0.25, -0.2) is 0 Å². The summed E-state index contributed by atoms with van der Waals surface area (Å²) in [5.41, 5.74) is 1.27. The Morgan fingerprint density at radius 1 is 1.33 bits per heavy atom. The lowest BCUT2D eigenvalue weighted by molar-refractivity contribution is -0.0711. The molecule has 1 saturated heterocycles. The molecule has 0 N–H and O–H groups in total. The zero-order valence-corrected chi connectivity index (χ0v) is 9.19. The molecule has 0 radical (unpaired) electrons. The van der Waals surface area contributed by atoms with E-state index in [0.717, 1.165) is 26.1 Å². The van der Waals surface area contributed by atoms with Crippen molar-refractivity contribution in [3.8, 4) is 0 Å². The molecule has 2 atom stereocenters. The van der Waals surface area contributed by atoms with Crippen molar-refractivity contribution >= 4 is 0 Å². The van der Waals surface area contributed by atoms with Gasteiger partial charge in [-0.15, -0.1) is 0 Å². The summed E-state index contributed by atoms with van der Waals surface area (Å²) in [7, 11) is 0. The summed E-state index contributed by atoms with van der Waals surface area (Å²) < 4.78 is 11.4. The minimum atomic E-state index is 0.219. The van der Waals surface area contributed by atoms with Gasteiger partial charge in [-0.2, -0.15) is 0 Å². The fourth-order valence-electron chi connectivity index (χ4n) is 2.05. The van der Waals surface area contributed by atoms with E-state index in [1.165, 1.54) is 5.56 Å². The standard InChI is InChI=1S/C13H18O2/c1-2-14-12-8-9-15-13(10-12)11-6-4-3-5-7-11/h3-7,12-13H,2,8-10H2,1H3. The van der Waals surface area contributed by atoms with Crippen LogP contribution in [0.3, 0.4) is 0 Å². The van der Waals surface area contributed by atoms with Gasteiger partial charge in [0.1, 0.15) is 0 Å². The second-order valence-corrected chi connectivity index (χ2v) is 3.87. The third-order valence-corrected chi connectivity index (χ3v) is 2.81. The number of hydrogen-bond donors (Lipinski definition) is 0. The van der Waals surface area contributed by atoms with Gasteiger partial charge in [0.25, 0.3) is 0 Å². The van der Waals surface area contributed by atoms with E-state index in [1.807, 2.05) is 13.0 Å². The smallest absolute Gasteiger partial charge is 0.0849 e. The fraction of sp³-hybridized carbons (Fsp3) is 0.538. The molecule has 0 saturated carbocycles. The van der Waals surface area contributed by atoms with Crippen molar-refractivity contribution < 1.29 is 9.47 Å². The Morgan fingerprint density at radius 2 is 2.13 bits per heavy atom. The van der Waals surface area contributed by atoms with E-state index in [9.17, 15) is 0 Å². The maximum atomic E-state index is 5.76. The highest BCUT2D eigenvalue weighted by molar-refractivity contribution is 5.18. The molecular weight excluding hydrogens is 188 g/mol. The van der Waals surface area contributed by atoms with E-state index >= 15 is 0 Å². The fourth-order valence-corrected chi connectivity index (χ4v) is 2.05. The van der Waals surface area contributed by atoms with Gasteiger partial charge in [-0.1, -0.05) is 30.3 Å². The summed E-state index contributed by atoms with van der Waals surface area (Å²) in [4.78, 5) is 0. The van der Waals surface area contributed by atoms with Gasteiger partial charge >= 0.3 is 0 Å². The maximum absolute atomic E-state index is 5.76. The Bertz CT molecular complexity index is 282. The topological polar surface area (TPSA) is 18.5 Å². The van der Waals surface area contributed by atoms with Crippen molar-refractivity contribution in [1.82, 2.24) is 0 Å². The molecule has 1 aliphatic heterocycles. The van der Waals surface area contributed by atoms with Crippen LogP contribution in [0.1, 0.15) is 31.4 Å². The van der Waals surface area contributed by atoms with Crippen LogP contribution in [0.25, 0.3) is 0 Å². The van der Waals surface area contributed by atoms with Gasteiger partial charge in [-0.05, 0) is 18.9 Å². The van der Waals surface area contributed by atoms with Gasteiger partial charge in [0.15, 0.2) is 0 Å². The third-order valence-electron chi connectivity index (χ3n) is 2.81. The van der Waals surface area contributed by atoms with E-state index in [4.69, 9.17) is 9.47 Å². The molecule has 0 aromatic heterocycles. The first kappa shape index (κ1) is 10.7. The monoisotopic (exact) mass is 206 g/mol. The first-order valence-electron chi connectivity index (χ1n) is 5.68. The van der Waals surface area contributed by atoms with Crippen LogP contribution in [0.5, 0.6) is 0 Å². The Labute approximate surface area is 91.2 Å². The van der Waals surface area contributed by atoms with Crippen LogP contribution >= 0.6 is 0 Å². The zero-order chi connectivity index (χ0) is 10.5. The first-order valence-corrected chi connectivity index (χ1v) is 5.68. The molecular formula is C13H18O2. The van der Waals surface area contributed by atoms with Crippen LogP contribution in [-0.2, 0) is 9.47 Å². The highest BCUT2D eigenvalue weighted by Crippen LogP contribution is 2.29. The van der Waals surface area contributed by atoms with Gasteiger partial charge in [0, 0.05) is 19.6 Å². The van der Waals surface area contributed by atoms with E-state index in [-0.39, 0.29) is 6.10 Å². The van der Waals surface area contributed by atoms with Crippen LogP contribution < -0.4 is 0 Å². The predicted molar refractivity (Wildman–Crippen MR) is 59.8 cm³/mol. The molecule has 15 heavy (non-hydrogen) atoms. The average Bonchev–Trinajstić information content (AvgIpc) is 2.31. The summed E-state index contributed by atoms with van der Waals surface area (Å²) in [6.45, 7) is 3.66. The van der Waals surface area contributed by atoms with Crippen molar-refractivity contribution in [2.75, 3.05) is 13.2 Å². The van der Waals surface area contributed by atoms with E-state index in [0.29, 0.717) is 6.10 Å². The lowest BCUT2D eigenvalue weighted by Crippen LogP contribution is -2.26. The molecule has 2 nitrogen and oxygen atoms in total. The third kappa shape index (κ3) is 2.80. The molecule has 1 fully saturated rings. The Hall–Kier alpha value is -0.860. The van der Waals surface area contributed by atoms with Gasteiger partial charge < -0.3 is 9.47 Å². The molecule has 0 bridgehead atoms. The van der Waals surface area contributed by atoms with Gasteiger partial charge in [-0.3, -0.25) is 0 Å². The maximum Gasteiger partial charge on any atom is 0.0849 e. The summed E-state index contributed by atoms with van der Waals surface area (Å²) in [5.74, 6) is 0. The Morgan fingerprint density at radius 3 is 2.87 bits per heavy atom. The van der Waals surface area contributed by atoms with E-state index < -0.39 is 0 Å². The summed E-state index contributed by atoms with van der Waals surface area (Å²) in [6, 6.07) is 10.4. The Balaban J connectivity index is 1.98. The molecule has 2 heteroatoms. The van der Waals surface area contributed by atoms with E-state index in [1.54, 1.807) is 0 Å². The number of benzene rings is 1. The van der Waals surface area contributed by atoms with Gasteiger partial charge in [0.2, 0.25) is 0 Å². The molecule has 2 rings (SSSR count). The van der Waals surface area contributed by atoms with Crippen molar-refractivity contribution in [1.29, 1.82) is 0 Å². The largest absolute Gasteiger partial charge is 0.378 e. The summed E-state index contributed by atoms with van der Waals surface area (Å²) >= 11 is 0. The van der Waals surface area contributed by atoms with Crippen molar-refractivity contribution in [3.05, 3.63) is 35.9 Å². The lowest BCUT2D eigenvalue weighted by Gasteiger charge is -2.29. The second-order valence-electron chi connectivity index (χ2n) is 3.87. The lowest BCUT2D eigenvalue weighted by atomic mass is 9.99. The molecule has 1 aromatic rings. The minimum Gasteiger partial charge on any atom is -0.378 e. The second kappa shape index (κ2) is 5.29. The molecule has 82 valence electrons. The normalized spacial score (nSPS) is 26.5. The first-order chi connectivity index (χ1) is 7.40. The van der Waals surface area contributed by atoms with Crippen molar-refractivity contribution in [2.45, 2.75) is 32.0 Å². The average molecular weight is 206 g/mol. The molecule has 2 unspecified atom stereocenters. The number of ether oxygens (including phenoxy) is 2. The number of rotatable bonds is 3. The minimum absolute atomic E-state index is 0.219. The summed E-state index contributed by atoms with van der Waals surface area (Å²) in [5, 5.41) is 0. The molecule has 1 aromatic carbocycles. The molecule has 0 spiro atoms. The van der Waals surface area contributed by atoms with Crippen LogP contribution in [0.4, 0.5) is 0 Å². The van der Waals surface area contributed by atoms with Crippen molar-refractivity contribution in [3.63, 3.8) is 0 Å². The van der Waals surface area contributed by atoms with Crippen LogP contribution in [0.2, 0.25) is 0 Å². The molecule has 0 aliphatic carbocycles. The van der Waals surface area contributed by atoms with E-state index in [2.05, 4.69) is 24.3 Å². The molecule has 1 heterocycles. The molecule has 1 aliphatic rings. The van der Waals surface area contributed by atoms with Crippen molar-refractivity contribution in [2.24, 2.45) is 0 Å². The quantitative estimate of drug-likeness (QED) is 0.757. The number of hydrogen-bond acceptors (Lipinski definition) is 2. The highest BCUT2D eigenvalue weighted by Gasteiger charge is 2.23. The Kier molecular flexibility index (Phi) is 3.75. The van der Waals surface area contributed by atoms with Crippen LogP contribution in [-0.4, -0.2) is 19.3 Å². The molecule has 0 amide bonds. The van der Waals surface area contributed by atoms with Crippen LogP contribution in [0, 0.1) is 0 Å². The zero-order valence-electron chi connectivity index (χ0n) is 9.19. The van der Waals surface area contributed by atoms with Crippen LogP contribution in [0.15, 0.2) is 30.3 Å². The highest BCUT2D eigenvalue weighted by atomic mass is 16.5. The SMILES string of the molecule is CCOC1CCOC(c2ccccc2)C1. The predicted octanol–water partition coefficient (Wildman–Crippen LogP) is 2.94.